The summed E-state index contributed by atoms with van der Waals surface area (Å²) in [5.74, 6) is -0.606. The minimum absolute atomic E-state index is 0. The largest absolute Gasteiger partial charge is 0.493 e. The number of fused-ring (bicyclic) bond motifs is 4. The smallest absolute Gasteiger partial charge is 0.416 e. The number of nitrogens with one attached hydrogen (secondary N) is 2. The van der Waals surface area contributed by atoms with Crippen LogP contribution in [-0.4, -0.2) is 162 Å². The molecule has 3 aromatic carbocycles. The van der Waals surface area contributed by atoms with Crippen LogP contribution in [0.1, 0.15) is 158 Å². The van der Waals surface area contributed by atoms with Crippen LogP contribution in [0, 0.1) is 20.8 Å². The third-order valence-electron chi connectivity index (χ3n) is 16.5. The molecule has 6 atom stereocenters. The third-order valence-corrected chi connectivity index (χ3v) is 16.5. The number of aromatic nitrogens is 2. The molecule has 6 aliphatic rings. The lowest BCUT2D eigenvalue weighted by Gasteiger charge is -2.42. The van der Waals surface area contributed by atoms with Crippen LogP contribution in [-0.2, 0) is 54.6 Å². The highest BCUT2D eigenvalue weighted by Crippen LogP contribution is 2.42. The van der Waals surface area contributed by atoms with Gasteiger partial charge in [-0.1, -0.05) is 50.4 Å². The van der Waals surface area contributed by atoms with Gasteiger partial charge in [-0.05, 0) is 146 Å². The summed E-state index contributed by atoms with van der Waals surface area (Å²) in [5, 5.41) is 14.5. The van der Waals surface area contributed by atoms with Crippen LogP contribution in [0.4, 0.5) is 32.5 Å². The predicted octanol–water partition coefficient (Wildman–Crippen LogP) is 10.4. The van der Waals surface area contributed by atoms with Gasteiger partial charge in [0.1, 0.15) is 24.7 Å². The van der Waals surface area contributed by atoms with Crippen LogP contribution in [0.3, 0.4) is 0 Å². The number of aliphatic carboxylic acids is 1. The van der Waals surface area contributed by atoms with Crippen molar-refractivity contribution in [3.05, 3.63) is 114 Å². The first-order valence-corrected chi connectivity index (χ1v) is 31.7. The van der Waals surface area contributed by atoms with Crippen molar-refractivity contribution in [3.8, 4) is 11.5 Å². The van der Waals surface area contributed by atoms with E-state index >= 15 is 0 Å². The van der Waals surface area contributed by atoms with Gasteiger partial charge in [-0.15, -0.1) is 0 Å². The van der Waals surface area contributed by atoms with Gasteiger partial charge in [0.15, 0.2) is 30.9 Å². The van der Waals surface area contributed by atoms with E-state index in [0.717, 1.165) is 56.9 Å². The number of imidazole rings is 1. The van der Waals surface area contributed by atoms with Gasteiger partial charge < -0.3 is 68.0 Å². The van der Waals surface area contributed by atoms with E-state index < -0.39 is 55.1 Å². The number of benzene rings is 3. The molecule has 0 spiro atoms. The average molecular weight is 1310 g/mol. The number of amides is 6. The van der Waals surface area contributed by atoms with Gasteiger partial charge in [0.05, 0.1) is 47.8 Å². The second-order valence-corrected chi connectivity index (χ2v) is 23.3. The summed E-state index contributed by atoms with van der Waals surface area (Å²) in [6.07, 6.45) is 11.6. The minimum atomic E-state index is -0.898. The van der Waals surface area contributed by atoms with Crippen molar-refractivity contribution in [2.75, 3.05) is 73.2 Å². The summed E-state index contributed by atoms with van der Waals surface area (Å²) in [5.41, 5.74) is 4.53. The molecular formula is C68H88N8O18. The van der Waals surface area contributed by atoms with E-state index in [-0.39, 0.29) is 88.3 Å². The number of nitrogens with zero attached hydrogens (tertiary/aromatic N) is 6. The Hall–Kier alpha value is -8.94. The molecule has 6 amide bonds. The van der Waals surface area contributed by atoms with Crippen molar-refractivity contribution >= 4 is 70.8 Å². The SMILES string of the molecule is C.C=CCOC(=O)N1c2cc(OCCCC(=O)Nc3cn(C)c(C(=O)Nc4ccc(C)cc4)n3)c(C)cc2C(=O)N2CCCC[C@H]2C1OC1CCCCO1.C=CCOC(=O)N1c2cc(OCCCC(=O)O)c(C)cc2C(=O)N2CCCC[C@H]2C1OC1CCCCO1.O=C=O. The van der Waals surface area contributed by atoms with Crippen LogP contribution >= 0.6 is 0 Å². The van der Waals surface area contributed by atoms with E-state index in [1.54, 1.807) is 42.1 Å². The summed E-state index contributed by atoms with van der Waals surface area (Å²) >= 11 is 0. The number of carboxylic acid groups (broad SMARTS) is 1. The molecule has 26 heteroatoms. The van der Waals surface area contributed by atoms with Crippen LogP contribution in [0.2, 0.25) is 0 Å². The molecule has 0 radical (unpaired) electrons. The average Bonchev–Trinajstić information content (AvgIpc) is 1.60. The van der Waals surface area contributed by atoms with Gasteiger partial charge in [0.25, 0.3) is 17.7 Å². The van der Waals surface area contributed by atoms with Crippen molar-refractivity contribution in [1.82, 2.24) is 19.4 Å². The highest BCUT2D eigenvalue weighted by Gasteiger charge is 2.49. The van der Waals surface area contributed by atoms with Gasteiger partial charge in [-0.3, -0.25) is 24.0 Å². The Morgan fingerprint density at radius 1 is 0.670 bits per heavy atom. The molecule has 4 aromatic rings. The molecule has 3 N–H and O–H groups in total. The Morgan fingerprint density at radius 2 is 1.14 bits per heavy atom. The van der Waals surface area contributed by atoms with Crippen molar-refractivity contribution in [2.24, 2.45) is 7.05 Å². The Kier molecular flexibility index (Phi) is 27.3. The van der Waals surface area contributed by atoms with Crippen molar-refractivity contribution in [1.29, 1.82) is 0 Å². The number of carbonyl (C=O) groups is 7. The minimum Gasteiger partial charge on any atom is -0.493 e. The molecule has 508 valence electrons. The quantitative estimate of drug-likeness (QED) is 0.0516. The molecular weight excluding hydrogens is 1220 g/mol. The number of piperidine rings is 2. The first-order valence-electron chi connectivity index (χ1n) is 31.7. The molecule has 26 nitrogen and oxygen atoms in total. The zero-order chi connectivity index (χ0) is 66.6. The maximum atomic E-state index is 14.1. The fraction of sp³-hybridized carbons (Fsp3) is 0.515. The molecule has 94 heavy (non-hydrogen) atoms. The number of anilines is 4. The Bertz CT molecular complexity index is 3340. The van der Waals surface area contributed by atoms with E-state index in [4.69, 9.17) is 52.6 Å². The summed E-state index contributed by atoms with van der Waals surface area (Å²) < 4.78 is 49.5. The zero-order valence-corrected chi connectivity index (χ0v) is 53.3. The van der Waals surface area contributed by atoms with E-state index in [0.29, 0.717) is 116 Å². The number of aryl methyl sites for hydroxylation is 4. The molecule has 4 unspecified atom stereocenters. The number of ether oxygens (including phenoxy) is 8. The summed E-state index contributed by atoms with van der Waals surface area (Å²) in [6.45, 7) is 15.6. The number of carboxylic acids is 1. The summed E-state index contributed by atoms with van der Waals surface area (Å²) in [4.78, 5) is 119. The molecule has 6 aliphatic heterocycles. The third kappa shape index (κ3) is 18.7. The molecule has 0 saturated carbocycles. The standard InChI is InChI=1S/C39H48N6O8.C27H36N2O8.CO2.CH4/c1-5-19-52-39(49)45-30-23-31(26(3)22-28(30)37(48)44-18-8-6-11-29(44)38(45)53-34-13-7-9-20-51-34)50-21-10-12-33(46)41-32-24-43(4)35(42-32)36(47)40-27-16-14-25(2)15-17-27;1-3-13-36-27(33)29-21-17-22(34-15-8-10-23(30)31)18(2)16-19(21)25(32)28-12-6-4-9-20(28)26(29)37-24-11-5-7-14-35-24;2-1-3;/h5,14-17,22-24,29,34,38H,1,6-13,18-21H2,2-4H3,(H,40,47)(H,41,46);3,16-17,20,24,26H,1,4-15H2,2H3,(H,30,31);;1H4/t29-,34?,38?;20-,24?,26?;;/m00../s1. The molecule has 10 rings (SSSR count). The van der Waals surface area contributed by atoms with E-state index in [9.17, 15) is 33.6 Å². The highest BCUT2D eigenvalue weighted by molar-refractivity contribution is 6.07. The molecule has 4 fully saturated rings. The van der Waals surface area contributed by atoms with Gasteiger partial charge in [0.2, 0.25) is 11.7 Å². The molecule has 0 bridgehead atoms. The van der Waals surface area contributed by atoms with Crippen LogP contribution in [0.25, 0.3) is 0 Å². The normalized spacial score (nSPS) is 20.5. The van der Waals surface area contributed by atoms with Crippen LogP contribution in [0.5, 0.6) is 11.5 Å². The van der Waals surface area contributed by atoms with E-state index in [2.05, 4.69) is 28.8 Å². The first-order chi connectivity index (χ1) is 44.9. The van der Waals surface area contributed by atoms with Gasteiger partial charge in [0, 0.05) is 70.2 Å². The fourth-order valence-electron chi connectivity index (χ4n) is 12.0. The van der Waals surface area contributed by atoms with Gasteiger partial charge in [-0.2, -0.15) is 9.59 Å². The number of carbonyl (C=O) groups excluding carboxylic acids is 8. The van der Waals surface area contributed by atoms with E-state index in [1.807, 2.05) is 54.8 Å². The summed E-state index contributed by atoms with van der Waals surface area (Å²) in [6, 6.07) is 13.5. The summed E-state index contributed by atoms with van der Waals surface area (Å²) in [7, 11) is 1.68. The maximum Gasteiger partial charge on any atom is 0.416 e. The van der Waals surface area contributed by atoms with Crippen molar-refractivity contribution < 1.29 is 86.2 Å². The maximum absolute atomic E-state index is 14.1. The number of rotatable bonds is 21. The Morgan fingerprint density at radius 3 is 1.59 bits per heavy atom. The number of hydrogen-bond donors (Lipinski definition) is 3. The van der Waals surface area contributed by atoms with Crippen LogP contribution < -0.4 is 29.9 Å². The monoisotopic (exact) mass is 1300 g/mol. The van der Waals surface area contributed by atoms with Gasteiger partial charge >= 0.3 is 24.3 Å². The highest BCUT2D eigenvalue weighted by atomic mass is 16.7. The predicted molar refractivity (Wildman–Crippen MR) is 344 cm³/mol. The molecule has 1 aromatic heterocycles. The lowest BCUT2D eigenvalue weighted by Crippen LogP contribution is -2.57. The van der Waals surface area contributed by atoms with E-state index in [1.165, 1.54) is 22.0 Å². The topological polar surface area (TPSA) is 303 Å². The first kappa shape index (κ1) is 72.5. The lowest BCUT2D eigenvalue weighted by molar-refractivity contribution is -0.199. The fourth-order valence-corrected chi connectivity index (χ4v) is 12.0. The second kappa shape index (κ2) is 35.4. The van der Waals surface area contributed by atoms with Crippen molar-refractivity contribution in [2.45, 2.75) is 168 Å². The zero-order valence-electron chi connectivity index (χ0n) is 53.3. The number of hydrogen-bond acceptors (Lipinski definition) is 18. The van der Waals surface area contributed by atoms with Gasteiger partial charge in [-0.25, -0.2) is 24.4 Å². The van der Waals surface area contributed by atoms with Crippen LogP contribution in [0.15, 0.2) is 80.0 Å². The molecule has 7 heterocycles. The second-order valence-electron chi connectivity index (χ2n) is 23.3. The Labute approximate surface area is 547 Å². The molecule has 0 aliphatic carbocycles. The Balaban J connectivity index is 0.000000267. The van der Waals surface area contributed by atoms with Crippen molar-refractivity contribution in [3.63, 3.8) is 0 Å². The molecule has 4 saturated heterocycles. The lowest BCUT2D eigenvalue weighted by atomic mass is 10.00.